The summed E-state index contributed by atoms with van der Waals surface area (Å²) in [4.78, 5) is 11.7. The monoisotopic (exact) mass is 176 g/mol. The fourth-order valence-electron chi connectivity index (χ4n) is 0.588. The number of urea groups is 1. The summed E-state index contributed by atoms with van der Waals surface area (Å²) in [5, 5.41) is 0. The van der Waals surface area contributed by atoms with Gasteiger partial charge in [0.2, 0.25) is 0 Å². The van der Waals surface area contributed by atoms with E-state index in [1.807, 2.05) is 27.7 Å². The number of nitrogens with zero attached hydrogens (tertiary/aromatic N) is 1. The summed E-state index contributed by atoms with van der Waals surface area (Å²) in [5.74, 6) is 0. The van der Waals surface area contributed by atoms with Gasteiger partial charge in [-0.3, -0.25) is 4.90 Å². The molecule has 0 bridgehead atoms. The SMILES string of the molecule is CC.CC.NC(=O)N1CCOC1. The number of ether oxygens (including phenoxy) is 1. The number of hydrogen-bond donors (Lipinski definition) is 1. The maximum atomic E-state index is 10.3. The van der Waals surface area contributed by atoms with Crippen LogP contribution in [0.2, 0.25) is 0 Å². The summed E-state index contributed by atoms with van der Waals surface area (Å²) in [6, 6.07) is -0.400. The van der Waals surface area contributed by atoms with Gasteiger partial charge in [-0.15, -0.1) is 0 Å². The van der Waals surface area contributed by atoms with Gasteiger partial charge in [0.1, 0.15) is 6.73 Å². The third kappa shape index (κ3) is 5.97. The Morgan fingerprint density at radius 2 is 1.83 bits per heavy atom. The number of rotatable bonds is 0. The molecule has 74 valence electrons. The van der Waals surface area contributed by atoms with Crippen molar-refractivity contribution in [2.45, 2.75) is 27.7 Å². The van der Waals surface area contributed by atoms with Gasteiger partial charge < -0.3 is 10.5 Å². The lowest BCUT2D eigenvalue weighted by atomic mass is 10.6. The molecule has 4 nitrogen and oxygen atoms in total. The molecular weight excluding hydrogens is 156 g/mol. The third-order valence-electron chi connectivity index (χ3n) is 1.06. The van der Waals surface area contributed by atoms with Gasteiger partial charge >= 0.3 is 6.03 Å². The molecule has 1 rings (SSSR count). The minimum Gasteiger partial charge on any atom is -0.359 e. The molecule has 0 unspecified atom stereocenters. The van der Waals surface area contributed by atoms with Crippen LogP contribution < -0.4 is 5.73 Å². The second-order valence-electron chi connectivity index (χ2n) is 1.64. The predicted octanol–water partition coefficient (Wildman–Crippen LogP) is 1.41. The zero-order valence-corrected chi connectivity index (χ0v) is 8.46. The molecule has 0 spiro atoms. The molecule has 0 saturated carbocycles. The molecule has 1 fully saturated rings. The Balaban J connectivity index is 0. The maximum Gasteiger partial charge on any atom is 0.316 e. The molecule has 0 aliphatic carbocycles. The number of hydrogen-bond acceptors (Lipinski definition) is 2. The Hall–Kier alpha value is -0.770. The first kappa shape index (κ1) is 13.8. The van der Waals surface area contributed by atoms with Crippen LogP contribution in [0.1, 0.15) is 27.7 Å². The van der Waals surface area contributed by atoms with E-state index in [4.69, 9.17) is 10.5 Å². The minimum absolute atomic E-state index is 0.356. The topological polar surface area (TPSA) is 55.6 Å². The molecule has 1 aliphatic rings. The van der Waals surface area contributed by atoms with Crippen LogP contribution in [0, 0.1) is 0 Å². The van der Waals surface area contributed by atoms with Crippen LogP contribution in [0.4, 0.5) is 4.79 Å². The van der Waals surface area contributed by atoms with Crippen molar-refractivity contribution in [2.24, 2.45) is 5.73 Å². The maximum absolute atomic E-state index is 10.3. The summed E-state index contributed by atoms with van der Waals surface area (Å²) in [6.07, 6.45) is 0. The lowest BCUT2D eigenvalue weighted by Crippen LogP contribution is -2.33. The van der Waals surface area contributed by atoms with E-state index in [-0.39, 0.29) is 0 Å². The molecule has 0 aromatic carbocycles. The molecule has 2 N–H and O–H groups in total. The van der Waals surface area contributed by atoms with Crippen LogP contribution in [-0.2, 0) is 4.74 Å². The van der Waals surface area contributed by atoms with E-state index in [1.165, 1.54) is 4.90 Å². The number of nitrogens with two attached hydrogens (primary N) is 1. The number of carbonyl (C=O) groups excluding carboxylic acids is 1. The predicted molar refractivity (Wildman–Crippen MR) is 49.8 cm³/mol. The van der Waals surface area contributed by atoms with Crippen LogP contribution in [0.25, 0.3) is 0 Å². The van der Waals surface area contributed by atoms with Crippen molar-refractivity contribution in [1.82, 2.24) is 4.90 Å². The standard InChI is InChI=1S/C4H8N2O2.2C2H6/c5-4(7)6-1-2-8-3-6;2*1-2/h1-3H2,(H2,5,7);2*1-2H3. The van der Waals surface area contributed by atoms with E-state index in [0.29, 0.717) is 19.9 Å². The van der Waals surface area contributed by atoms with Crippen molar-refractivity contribution < 1.29 is 9.53 Å². The number of amides is 2. The summed E-state index contributed by atoms with van der Waals surface area (Å²) in [7, 11) is 0. The van der Waals surface area contributed by atoms with Gasteiger partial charge in [0, 0.05) is 6.54 Å². The highest BCUT2D eigenvalue weighted by molar-refractivity contribution is 5.71. The van der Waals surface area contributed by atoms with Gasteiger partial charge in [0.15, 0.2) is 0 Å². The normalized spacial score (nSPS) is 13.8. The van der Waals surface area contributed by atoms with Crippen molar-refractivity contribution in [3.8, 4) is 0 Å². The number of carbonyl (C=O) groups is 1. The highest BCUT2D eigenvalue weighted by Gasteiger charge is 2.13. The van der Waals surface area contributed by atoms with E-state index in [2.05, 4.69) is 0 Å². The third-order valence-corrected chi connectivity index (χ3v) is 1.06. The molecule has 1 saturated heterocycles. The highest BCUT2D eigenvalue weighted by Crippen LogP contribution is 1.95. The van der Waals surface area contributed by atoms with E-state index in [1.54, 1.807) is 0 Å². The Morgan fingerprint density at radius 1 is 1.33 bits per heavy atom. The molecule has 1 aliphatic heterocycles. The Bertz CT molecular complexity index is 101. The second-order valence-corrected chi connectivity index (χ2v) is 1.64. The molecule has 1 heterocycles. The average molecular weight is 176 g/mol. The summed E-state index contributed by atoms with van der Waals surface area (Å²) < 4.78 is 4.84. The van der Waals surface area contributed by atoms with Crippen LogP contribution >= 0.6 is 0 Å². The Labute approximate surface area is 74.7 Å². The summed E-state index contributed by atoms with van der Waals surface area (Å²) in [6.45, 7) is 9.60. The van der Waals surface area contributed by atoms with Crippen LogP contribution in [-0.4, -0.2) is 30.8 Å². The van der Waals surface area contributed by atoms with Crippen LogP contribution in [0.5, 0.6) is 0 Å². The molecule has 0 atom stereocenters. The Morgan fingerprint density at radius 3 is 2.00 bits per heavy atom. The summed E-state index contributed by atoms with van der Waals surface area (Å²) in [5.41, 5.74) is 4.90. The molecule has 0 radical (unpaired) electrons. The fourth-order valence-corrected chi connectivity index (χ4v) is 0.588. The Kier molecular flexibility index (Phi) is 11.8. The first-order valence-electron chi connectivity index (χ1n) is 4.43. The quantitative estimate of drug-likeness (QED) is 0.606. The van der Waals surface area contributed by atoms with Crippen molar-refractivity contribution in [3.05, 3.63) is 0 Å². The van der Waals surface area contributed by atoms with Gasteiger partial charge in [-0.2, -0.15) is 0 Å². The first-order valence-corrected chi connectivity index (χ1v) is 4.43. The fraction of sp³-hybridized carbons (Fsp3) is 0.875. The molecule has 2 amide bonds. The average Bonchev–Trinajstić information content (AvgIpc) is 2.64. The highest BCUT2D eigenvalue weighted by atomic mass is 16.5. The second kappa shape index (κ2) is 10.2. The molecule has 12 heavy (non-hydrogen) atoms. The van der Waals surface area contributed by atoms with E-state index < -0.39 is 6.03 Å². The van der Waals surface area contributed by atoms with Gasteiger partial charge in [-0.05, 0) is 0 Å². The van der Waals surface area contributed by atoms with E-state index in [0.717, 1.165) is 0 Å². The van der Waals surface area contributed by atoms with Crippen molar-refractivity contribution in [2.75, 3.05) is 19.9 Å². The van der Waals surface area contributed by atoms with Gasteiger partial charge in [0.05, 0.1) is 6.61 Å². The van der Waals surface area contributed by atoms with E-state index in [9.17, 15) is 4.79 Å². The largest absolute Gasteiger partial charge is 0.359 e. The van der Waals surface area contributed by atoms with E-state index >= 15 is 0 Å². The first-order chi connectivity index (χ1) is 5.80. The van der Waals surface area contributed by atoms with Crippen molar-refractivity contribution in [3.63, 3.8) is 0 Å². The minimum atomic E-state index is -0.400. The summed E-state index contributed by atoms with van der Waals surface area (Å²) >= 11 is 0. The molecule has 0 aromatic rings. The van der Waals surface area contributed by atoms with Crippen LogP contribution in [0.3, 0.4) is 0 Å². The van der Waals surface area contributed by atoms with Crippen molar-refractivity contribution in [1.29, 1.82) is 0 Å². The number of primary amides is 1. The molecule has 0 aromatic heterocycles. The molecule has 4 heteroatoms. The van der Waals surface area contributed by atoms with Gasteiger partial charge in [-0.25, -0.2) is 4.79 Å². The smallest absolute Gasteiger partial charge is 0.316 e. The molecular formula is C8H20N2O2. The zero-order chi connectivity index (χ0) is 9.98. The van der Waals surface area contributed by atoms with Gasteiger partial charge in [0.25, 0.3) is 0 Å². The lowest BCUT2D eigenvalue weighted by molar-refractivity contribution is 0.148. The van der Waals surface area contributed by atoms with Crippen molar-refractivity contribution >= 4 is 6.03 Å². The zero-order valence-electron chi connectivity index (χ0n) is 8.46. The lowest BCUT2D eigenvalue weighted by Gasteiger charge is -2.06. The van der Waals surface area contributed by atoms with Crippen LogP contribution in [0.15, 0.2) is 0 Å². The van der Waals surface area contributed by atoms with Gasteiger partial charge in [-0.1, -0.05) is 27.7 Å².